The number of nitrogens with one attached hydrogen (secondary N) is 12. The number of nitrogens with two attached hydrogens (primary N) is 4. The molecule has 40 heteroatoms. The molecule has 2 saturated heterocycles. The molecule has 0 spiro atoms. The van der Waals surface area contributed by atoms with Gasteiger partial charge in [-0.3, -0.25) is 83.2 Å². The number of hydrazine groups is 2. The predicted octanol–water partition coefficient (Wildman–Crippen LogP) is -5.95. The van der Waals surface area contributed by atoms with Crippen LogP contribution in [0.1, 0.15) is 107 Å². The number of aliphatic imine (C=N–C) groups is 2. The maximum absolute atomic E-state index is 14.2. The van der Waals surface area contributed by atoms with Crippen LogP contribution in [0.3, 0.4) is 0 Å². The van der Waals surface area contributed by atoms with E-state index < -0.39 is 151 Å². The highest BCUT2D eigenvalue weighted by Crippen LogP contribution is 2.13. The van der Waals surface area contributed by atoms with Crippen LogP contribution in [-0.4, -0.2) is 240 Å². The molecule has 23 N–H and O–H groups in total. The largest absolute Gasteiger partial charge is 0.481 e. The van der Waals surface area contributed by atoms with Gasteiger partial charge in [0.05, 0.1) is 65.3 Å². The van der Waals surface area contributed by atoms with Crippen LogP contribution >= 0.6 is 0 Å². The summed E-state index contributed by atoms with van der Waals surface area (Å²) < 4.78 is 5.29. The van der Waals surface area contributed by atoms with Crippen molar-refractivity contribution >= 4 is 101 Å². The van der Waals surface area contributed by atoms with Gasteiger partial charge in [0.2, 0.25) is 53.2 Å². The van der Waals surface area contributed by atoms with Crippen molar-refractivity contribution in [2.75, 3.05) is 72.2 Å². The Morgan fingerprint density at radius 3 is 1.25 bits per heavy atom. The molecule has 2 aliphatic rings. The number of aliphatic hydroxyl groups excluding tert-OH is 1. The smallest absolute Gasteiger partial charge is 0.337 e. The number of rotatable bonds is 37. The number of carbonyl (C=O) groups excluding carboxylic acids is 13. The zero-order chi connectivity index (χ0) is 75.6. The summed E-state index contributed by atoms with van der Waals surface area (Å²) in [4.78, 5) is 210. The van der Waals surface area contributed by atoms with Gasteiger partial charge in [0.15, 0.2) is 11.9 Å². The van der Waals surface area contributed by atoms with Crippen LogP contribution in [0.2, 0.25) is 0 Å². The maximum Gasteiger partial charge on any atom is 0.337 e. The molecule has 566 valence electrons. The normalized spacial score (nSPS) is 18.9. The summed E-state index contributed by atoms with van der Waals surface area (Å²) in [7, 11) is 0. The molecular weight excluding hydrogens is 1350 g/mol. The highest BCUT2D eigenvalue weighted by molar-refractivity contribution is 5.98. The second-order valence-electron chi connectivity index (χ2n) is 23.6. The van der Waals surface area contributed by atoms with E-state index in [0.717, 1.165) is 10.0 Å². The summed E-state index contributed by atoms with van der Waals surface area (Å²) in [6, 6.07) is 5.49. The molecule has 2 aliphatic heterocycles. The molecule has 15 amide bonds. The zero-order valence-corrected chi connectivity index (χ0v) is 57.0. The Balaban J connectivity index is 1.43. The molecule has 103 heavy (non-hydrogen) atoms. The molecule has 2 heterocycles. The minimum absolute atomic E-state index is 0.0182. The first-order valence-electron chi connectivity index (χ1n) is 33.4. The minimum atomic E-state index is -1.73. The van der Waals surface area contributed by atoms with E-state index in [1.54, 1.807) is 60.7 Å². The number of carbonyl (C=O) groups is 15. The molecule has 6 atom stereocenters. The van der Waals surface area contributed by atoms with E-state index in [1.807, 2.05) is 0 Å². The average molecular weight is 1450 g/mol. The van der Waals surface area contributed by atoms with Crippen LogP contribution in [-0.2, 0) is 80.2 Å². The lowest BCUT2D eigenvalue weighted by Crippen LogP contribution is -2.59. The van der Waals surface area contributed by atoms with Crippen molar-refractivity contribution in [2.24, 2.45) is 32.9 Å². The first-order valence-corrected chi connectivity index (χ1v) is 33.4. The third kappa shape index (κ3) is 34.0. The molecule has 4 rings (SSSR count). The number of carboxylic acids is 2. The highest BCUT2D eigenvalue weighted by Gasteiger charge is 2.35. The van der Waals surface area contributed by atoms with Gasteiger partial charge in [0, 0.05) is 52.1 Å². The van der Waals surface area contributed by atoms with E-state index in [-0.39, 0.29) is 168 Å². The van der Waals surface area contributed by atoms with Gasteiger partial charge in [-0.15, -0.1) is 0 Å². The monoisotopic (exact) mass is 1450 g/mol. The van der Waals surface area contributed by atoms with Gasteiger partial charge in [0.25, 0.3) is 11.8 Å². The van der Waals surface area contributed by atoms with E-state index in [2.05, 4.69) is 74.0 Å². The SMILES string of the molecule is NC(N)=NCCC[C@@H]1NC(=O)[C@H](CCCCNC(=O)CCN(CCC(=O)NCCCC[C@@H]2NC(=O)N(Cc3ccccc3)NC(=O)[C@H](CC(=O)O)NC(=O)CNC(=O)[C@H](CCCN=C(N)N)NC2=O)C(=O)CCOCCO)NC(=O)N(Cc2ccccc2)NC(=O)[C@H](CC(=O)O)NC(=O)CNC1=O. The van der Waals surface area contributed by atoms with Crippen LogP contribution in [0, 0.1) is 0 Å². The molecule has 0 unspecified atom stereocenters. The molecule has 2 aromatic rings. The topological polar surface area (TPSA) is 609 Å². The number of ether oxygens (including phenoxy) is 1. The Labute approximate surface area is 592 Å². The van der Waals surface area contributed by atoms with E-state index in [4.69, 9.17) is 27.7 Å². The van der Waals surface area contributed by atoms with Crippen molar-refractivity contribution in [3.63, 3.8) is 0 Å². The lowest BCUT2D eigenvalue weighted by Gasteiger charge is -2.28. The van der Waals surface area contributed by atoms with Gasteiger partial charge in [-0.25, -0.2) is 19.6 Å². The maximum atomic E-state index is 14.2. The third-order valence-electron chi connectivity index (χ3n) is 15.4. The number of carboxylic acid groups (broad SMARTS) is 2. The van der Waals surface area contributed by atoms with E-state index in [0.29, 0.717) is 11.1 Å². The number of aliphatic hydroxyl groups is 1. The van der Waals surface area contributed by atoms with Gasteiger partial charge in [-0.2, -0.15) is 0 Å². The first kappa shape index (κ1) is 84.0. The van der Waals surface area contributed by atoms with Crippen LogP contribution in [0.4, 0.5) is 9.59 Å². The molecule has 0 aromatic heterocycles. The number of benzene rings is 2. The molecule has 0 saturated carbocycles. The van der Waals surface area contributed by atoms with Gasteiger partial charge in [0.1, 0.15) is 36.3 Å². The fourth-order valence-corrected chi connectivity index (χ4v) is 10.1. The Kier molecular flexibility index (Phi) is 37.6. The van der Waals surface area contributed by atoms with Crippen molar-refractivity contribution in [2.45, 2.75) is 146 Å². The number of unbranched alkanes of at least 4 members (excludes halogenated alkanes) is 2. The lowest BCUT2D eigenvalue weighted by molar-refractivity contribution is -0.142. The molecule has 2 fully saturated rings. The second kappa shape index (κ2) is 46.1. The number of amides is 15. The quantitative estimate of drug-likeness (QED) is 0.0170. The van der Waals surface area contributed by atoms with Gasteiger partial charge >= 0.3 is 24.0 Å². The molecule has 0 bridgehead atoms. The molecule has 40 nitrogen and oxygen atoms in total. The Bertz CT molecular complexity index is 3070. The Morgan fingerprint density at radius 2 is 0.874 bits per heavy atom. The van der Waals surface area contributed by atoms with Crippen LogP contribution in [0.15, 0.2) is 70.6 Å². The number of hydrogen-bond acceptors (Lipinski definition) is 19. The van der Waals surface area contributed by atoms with Crippen molar-refractivity contribution in [1.82, 2.24) is 78.9 Å². The molecule has 0 aliphatic carbocycles. The Hall–Kier alpha value is -11.5. The lowest BCUT2D eigenvalue weighted by atomic mass is 10.1. The summed E-state index contributed by atoms with van der Waals surface area (Å²) in [5, 5.41) is 55.2. The molecular formula is C63H95N21O19. The van der Waals surface area contributed by atoms with Crippen LogP contribution in [0.25, 0.3) is 0 Å². The van der Waals surface area contributed by atoms with E-state index in [9.17, 15) is 87.2 Å². The van der Waals surface area contributed by atoms with E-state index in [1.165, 1.54) is 4.90 Å². The average Bonchev–Trinajstić information content (AvgIpc) is 1.79. The number of guanidine groups is 2. The van der Waals surface area contributed by atoms with Crippen molar-refractivity contribution in [3.8, 4) is 0 Å². The van der Waals surface area contributed by atoms with Crippen molar-refractivity contribution in [3.05, 3.63) is 71.8 Å². The zero-order valence-electron chi connectivity index (χ0n) is 57.0. The summed E-state index contributed by atoms with van der Waals surface area (Å²) in [5.74, 6) is -12.5. The number of nitrogens with zero attached hydrogens (tertiary/aromatic N) is 5. The Morgan fingerprint density at radius 1 is 0.485 bits per heavy atom. The first-order chi connectivity index (χ1) is 49.2. The van der Waals surface area contributed by atoms with Gasteiger partial charge < -0.3 is 101 Å². The fraction of sp³-hybridized carbons (Fsp3) is 0.540. The standard InChI is InChI=1S/C63H95N21O19/c64-60(65)70-26-11-19-41-54(95)72-35-49(88)74-45(33-52(91)92)58(99)80-83(37-39-13-3-1-4-14-39)62(101)78-43(56(97)76-41)17-7-9-24-68-47(86)21-28-82(51(90)23-31-103-32-30-85)29-22-48(87)69-25-10-8-18-44-57(98)77-42(20-12-27-71-61(66)67)55(96)73-36-50(89)75-46(34-53(93)94)59(100)81-84(63(102)79-44)38-40-15-5-2-6-16-40/h1-6,13-16,41-46,85H,7-12,17-38H2,(H,68,86)(H,69,87)(H,72,95)(H,73,96)(H,74,88)(H,75,89)(H,76,97)(H,77,98)(H,78,101)(H,79,102)(H,80,99)(H,81,100)(H,91,92)(H,93,94)(H4,64,65,70)(H4,66,67,71)/t41-,42-,43-,44-,45-,46-/m0/s1. The predicted molar refractivity (Wildman–Crippen MR) is 365 cm³/mol. The summed E-state index contributed by atoms with van der Waals surface area (Å²) in [6.07, 6.45) is -1.88. The minimum Gasteiger partial charge on any atom is -0.481 e. The number of hydrogen-bond donors (Lipinski definition) is 19. The van der Waals surface area contributed by atoms with Gasteiger partial charge in [-0.1, -0.05) is 60.7 Å². The third-order valence-corrected chi connectivity index (χ3v) is 15.4. The van der Waals surface area contributed by atoms with Crippen LogP contribution in [0.5, 0.6) is 0 Å². The van der Waals surface area contributed by atoms with Crippen LogP contribution < -0.4 is 87.0 Å². The molecule has 2 aromatic carbocycles. The summed E-state index contributed by atoms with van der Waals surface area (Å²) >= 11 is 0. The molecule has 0 radical (unpaired) electrons. The number of aliphatic carboxylic acids is 2. The van der Waals surface area contributed by atoms with Crippen molar-refractivity contribution < 1.29 is 92.0 Å². The highest BCUT2D eigenvalue weighted by atomic mass is 16.5. The summed E-state index contributed by atoms with van der Waals surface area (Å²) in [6.45, 7) is -2.77. The van der Waals surface area contributed by atoms with Crippen molar-refractivity contribution in [1.29, 1.82) is 0 Å². The fourth-order valence-electron chi connectivity index (χ4n) is 10.1. The number of urea groups is 2. The second-order valence-corrected chi connectivity index (χ2v) is 23.6. The van der Waals surface area contributed by atoms with E-state index >= 15 is 0 Å². The summed E-state index contributed by atoms with van der Waals surface area (Å²) in [5.41, 5.74) is 27.5. The van der Waals surface area contributed by atoms with Gasteiger partial charge in [-0.05, 0) is 75.3 Å².